The van der Waals surface area contributed by atoms with Gasteiger partial charge in [0, 0.05) is 24.2 Å². The van der Waals surface area contributed by atoms with Gasteiger partial charge in [-0.15, -0.1) is 0 Å². The van der Waals surface area contributed by atoms with Crippen LogP contribution in [0.1, 0.15) is 40.4 Å². The first-order valence-electron chi connectivity index (χ1n) is 8.06. The molecule has 0 fully saturated rings. The topological polar surface area (TPSA) is 93.2 Å². The van der Waals surface area contributed by atoms with Gasteiger partial charge in [-0.05, 0) is 30.9 Å². The Morgan fingerprint density at radius 1 is 1.35 bits per heavy atom. The van der Waals surface area contributed by atoms with Crippen molar-refractivity contribution in [3.8, 4) is 0 Å². The number of benzene rings is 1. The Balaban J connectivity index is 1.71. The summed E-state index contributed by atoms with van der Waals surface area (Å²) in [6, 6.07) is 7.87. The lowest BCUT2D eigenvalue weighted by molar-refractivity contribution is 0.0859. The second-order valence-corrected chi connectivity index (χ2v) is 6.31. The molecule has 2 aromatic rings. The van der Waals surface area contributed by atoms with Gasteiger partial charge in [-0.25, -0.2) is 0 Å². The minimum Gasteiger partial charge on any atom is -0.393 e. The SMILES string of the molecule is Nc1c2c(nn1C(=O)[C@H]1CCNc3ccccc31)CC[C@H](O)C2. The largest absolute Gasteiger partial charge is 0.393 e. The van der Waals surface area contributed by atoms with E-state index in [1.807, 2.05) is 24.3 Å². The molecule has 0 bridgehead atoms. The Morgan fingerprint density at radius 3 is 3.04 bits per heavy atom. The molecule has 1 aromatic heterocycles. The van der Waals surface area contributed by atoms with Gasteiger partial charge in [0.15, 0.2) is 0 Å². The lowest BCUT2D eigenvalue weighted by Crippen LogP contribution is -2.28. The molecule has 0 radical (unpaired) electrons. The number of nitrogens with one attached hydrogen (secondary N) is 1. The van der Waals surface area contributed by atoms with Crippen LogP contribution in [-0.2, 0) is 12.8 Å². The van der Waals surface area contributed by atoms with E-state index in [1.165, 1.54) is 4.68 Å². The molecule has 0 amide bonds. The van der Waals surface area contributed by atoms with Crippen molar-refractivity contribution in [3.05, 3.63) is 41.1 Å². The van der Waals surface area contributed by atoms with Gasteiger partial charge >= 0.3 is 0 Å². The molecule has 23 heavy (non-hydrogen) atoms. The number of aliphatic hydroxyl groups is 1. The summed E-state index contributed by atoms with van der Waals surface area (Å²) in [5.74, 6) is 0.0705. The number of para-hydroxylation sites is 1. The number of hydrogen-bond donors (Lipinski definition) is 3. The summed E-state index contributed by atoms with van der Waals surface area (Å²) in [5.41, 5.74) is 9.85. The summed E-state index contributed by atoms with van der Waals surface area (Å²) < 4.78 is 1.36. The van der Waals surface area contributed by atoms with E-state index in [0.29, 0.717) is 25.1 Å². The van der Waals surface area contributed by atoms with E-state index in [1.54, 1.807) is 0 Å². The minimum atomic E-state index is -0.392. The van der Waals surface area contributed by atoms with E-state index >= 15 is 0 Å². The van der Waals surface area contributed by atoms with Crippen LogP contribution in [0.25, 0.3) is 0 Å². The number of carbonyl (C=O) groups excluding carboxylic acids is 1. The van der Waals surface area contributed by atoms with E-state index < -0.39 is 6.10 Å². The molecule has 0 saturated heterocycles. The fraction of sp³-hybridized carbons (Fsp3) is 0.412. The molecule has 120 valence electrons. The minimum absolute atomic E-state index is 0.0830. The molecule has 4 rings (SSSR count). The third-order valence-electron chi connectivity index (χ3n) is 4.85. The lowest BCUT2D eigenvalue weighted by Gasteiger charge is -2.25. The van der Waals surface area contributed by atoms with Gasteiger partial charge in [0.2, 0.25) is 0 Å². The quantitative estimate of drug-likeness (QED) is 0.743. The highest BCUT2D eigenvalue weighted by molar-refractivity contribution is 5.90. The summed E-state index contributed by atoms with van der Waals surface area (Å²) in [5, 5.41) is 17.6. The normalized spacial score (nSPS) is 22.8. The van der Waals surface area contributed by atoms with Gasteiger partial charge in [-0.3, -0.25) is 4.79 Å². The van der Waals surface area contributed by atoms with Gasteiger partial charge < -0.3 is 16.2 Å². The van der Waals surface area contributed by atoms with Crippen LogP contribution in [0.15, 0.2) is 24.3 Å². The fourth-order valence-electron chi connectivity index (χ4n) is 3.62. The zero-order valence-electron chi connectivity index (χ0n) is 12.8. The molecule has 0 saturated carbocycles. The number of nitrogens with zero attached hydrogens (tertiary/aromatic N) is 2. The zero-order chi connectivity index (χ0) is 16.0. The lowest BCUT2D eigenvalue weighted by atomic mass is 9.90. The number of nitrogen functional groups attached to an aromatic ring is 1. The first-order chi connectivity index (χ1) is 11.1. The van der Waals surface area contributed by atoms with Crippen LogP contribution in [0, 0.1) is 0 Å². The molecule has 1 aliphatic carbocycles. The number of aliphatic hydroxyl groups excluding tert-OH is 1. The molecule has 2 aliphatic rings. The van der Waals surface area contributed by atoms with Crippen LogP contribution in [0.5, 0.6) is 0 Å². The van der Waals surface area contributed by atoms with Gasteiger partial charge in [0.05, 0.1) is 17.7 Å². The van der Waals surface area contributed by atoms with Gasteiger partial charge in [-0.2, -0.15) is 9.78 Å². The maximum Gasteiger partial charge on any atom is 0.256 e. The van der Waals surface area contributed by atoms with Crippen molar-refractivity contribution in [1.82, 2.24) is 9.78 Å². The van der Waals surface area contributed by atoms with Crippen molar-refractivity contribution in [2.24, 2.45) is 0 Å². The predicted octanol–water partition coefficient (Wildman–Crippen LogP) is 1.55. The Kier molecular flexibility index (Phi) is 3.34. The summed E-state index contributed by atoms with van der Waals surface area (Å²) in [7, 11) is 0. The Labute approximate surface area is 134 Å². The van der Waals surface area contributed by atoms with Crippen LogP contribution < -0.4 is 11.1 Å². The molecule has 6 nitrogen and oxygen atoms in total. The maximum absolute atomic E-state index is 13.0. The van der Waals surface area contributed by atoms with Crippen LogP contribution in [0.4, 0.5) is 11.5 Å². The van der Waals surface area contributed by atoms with Crippen molar-refractivity contribution < 1.29 is 9.90 Å². The number of rotatable bonds is 1. The highest BCUT2D eigenvalue weighted by atomic mass is 16.3. The molecule has 0 unspecified atom stereocenters. The average molecular weight is 312 g/mol. The summed E-state index contributed by atoms with van der Waals surface area (Å²) in [4.78, 5) is 13.0. The third kappa shape index (κ3) is 2.30. The number of carbonyl (C=O) groups is 1. The first kappa shape index (κ1) is 14.3. The highest BCUT2D eigenvalue weighted by Crippen LogP contribution is 2.34. The van der Waals surface area contributed by atoms with Crippen molar-refractivity contribution >= 4 is 17.4 Å². The average Bonchev–Trinajstić information content (AvgIpc) is 2.90. The standard InChI is InChI=1S/C17H20N4O2/c18-16-13-9-10(22)5-6-15(13)20-21(16)17(23)12-7-8-19-14-4-2-1-3-11(12)14/h1-4,10,12,19,22H,5-9,18H2/t10-,12-/m0/s1. The summed E-state index contributed by atoms with van der Waals surface area (Å²) in [6.07, 6.45) is 2.16. The Bertz CT molecular complexity index is 768. The number of hydrogen-bond acceptors (Lipinski definition) is 5. The fourth-order valence-corrected chi connectivity index (χ4v) is 3.62. The third-order valence-corrected chi connectivity index (χ3v) is 4.85. The van der Waals surface area contributed by atoms with Crippen molar-refractivity contribution in [2.75, 3.05) is 17.6 Å². The number of aromatic nitrogens is 2. The number of fused-ring (bicyclic) bond motifs is 2. The number of aryl methyl sites for hydroxylation is 1. The van der Waals surface area contributed by atoms with E-state index in [2.05, 4.69) is 10.4 Å². The highest BCUT2D eigenvalue weighted by Gasteiger charge is 2.32. The van der Waals surface area contributed by atoms with Crippen molar-refractivity contribution in [2.45, 2.75) is 37.7 Å². The van der Waals surface area contributed by atoms with E-state index in [0.717, 1.165) is 35.5 Å². The predicted molar refractivity (Wildman–Crippen MR) is 87.6 cm³/mol. The van der Waals surface area contributed by atoms with Crippen molar-refractivity contribution in [1.29, 1.82) is 0 Å². The van der Waals surface area contributed by atoms with E-state index in [4.69, 9.17) is 5.73 Å². The monoisotopic (exact) mass is 312 g/mol. The first-order valence-corrected chi connectivity index (χ1v) is 8.06. The summed E-state index contributed by atoms with van der Waals surface area (Å²) in [6.45, 7) is 0.757. The molecule has 1 aliphatic heterocycles. The van der Waals surface area contributed by atoms with E-state index in [-0.39, 0.29) is 11.8 Å². The molecule has 4 N–H and O–H groups in total. The maximum atomic E-state index is 13.0. The zero-order valence-corrected chi connectivity index (χ0v) is 12.8. The molecule has 0 spiro atoms. The van der Waals surface area contributed by atoms with Gasteiger partial charge in [-0.1, -0.05) is 18.2 Å². The molecule has 2 heterocycles. The van der Waals surface area contributed by atoms with Crippen molar-refractivity contribution in [3.63, 3.8) is 0 Å². The van der Waals surface area contributed by atoms with Crippen LogP contribution in [-0.4, -0.2) is 33.4 Å². The number of anilines is 2. The Morgan fingerprint density at radius 2 is 2.17 bits per heavy atom. The van der Waals surface area contributed by atoms with Gasteiger partial charge in [0.25, 0.3) is 5.91 Å². The van der Waals surface area contributed by atoms with Crippen LogP contribution in [0.3, 0.4) is 0 Å². The second kappa shape index (κ2) is 5.38. The van der Waals surface area contributed by atoms with Crippen LogP contribution in [0.2, 0.25) is 0 Å². The second-order valence-electron chi connectivity index (χ2n) is 6.31. The Hall–Kier alpha value is -2.34. The molecular weight excluding hydrogens is 292 g/mol. The summed E-state index contributed by atoms with van der Waals surface area (Å²) >= 11 is 0. The van der Waals surface area contributed by atoms with E-state index in [9.17, 15) is 9.90 Å². The molecule has 6 heteroatoms. The van der Waals surface area contributed by atoms with Crippen LogP contribution >= 0.6 is 0 Å². The van der Waals surface area contributed by atoms with Gasteiger partial charge in [0.1, 0.15) is 5.82 Å². The molecular formula is C17H20N4O2. The number of nitrogens with two attached hydrogens (primary N) is 1. The molecule has 2 atom stereocenters. The molecule has 1 aromatic carbocycles. The smallest absolute Gasteiger partial charge is 0.256 e.